The van der Waals surface area contributed by atoms with E-state index in [4.69, 9.17) is 5.14 Å². The maximum absolute atomic E-state index is 13.6. The van der Waals surface area contributed by atoms with Crippen molar-refractivity contribution >= 4 is 21.7 Å². The second-order valence-electron chi connectivity index (χ2n) is 9.57. The van der Waals surface area contributed by atoms with Crippen LogP contribution in [0.5, 0.6) is 0 Å². The molecular formula is C26H25F3N4O3S. The predicted molar refractivity (Wildman–Crippen MR) is 132 cm³/mol. The molecule has 1 aliphatic carbocycles. The number of anilines is 1. The highest BCUT2D eigenvalue weighted by molar-refractivity contribution is 7.89. The molecule has 11 heteroatoms. The number of urea groups is 1. The van der Waals surface area contributed by atoms with E-state index in [1.165, 1.54) is 24.4 Å². The number of nitrogens with zero attached hydrogens (tertiary/aromatic N) is 2. The highest BCUT2D eigenvalue weighted by atomic mass is 32.2. The standard InChI is InChI=1S/C26H25F3N4O3S/c27-26(28,29)22-15-31-12-9-20(22)18-5-8-23-21(13-18)25(10-1-2-11-25)16-33(23)24(34)32-14-17-3-6-19(7-4-17)37(30,35)36/h3-9,12-13,15H,1-2,10-11,14,16H2,(H,32,34)(H2,30,35,36). The fourth-order valence-corrected chi connectivity index (χ4v) is 5.95. The minimum absolute atomic E-state index is 0.0158. The van der Waals surface area contributed by atoms with E-state index < -0.39 is 21.8 Å². The van der Waals surface area contributed by atoms with Crippen LogP contribution in [0.1, 0.15) is 42.4 Å². The third kappa shape index (κ3) is 4.80. The van der Waals surface area contributed by atoms with E-state index in [0.717, 1.165) is 37.4 Å². The van der Waals surface area contributed by atoms with Gasteiger partial charge in [-0.2, -0.15) is 13.2 Å². The van der Waals surface area contributed by atoms with Gasteiger partial charge in [-0.15, -0.1) is 0 Å². The summed E-state index contributed by atoms with van der Waals surface area (Å²) >= 11 is 0. The summed E-state index contributed by atoms with van der Waals surface area (Å²) in [5.41, 5.74) is 1.68. The molecule has 3 aromatic rings. The van der Waals surface area contributed by atoms with Gasteiger partial charge >= 0.3 is 12.2 Å². The van der Waals surface area contributed by atoms with Crippen molar-refractivity contribution < 1.29 is 26.4 Å². The molecule has 37 heavy (non-hydrogen) atoms. The minimum Gasteiger partial charge on any atom is -0.334 e. The van der Waals surface area contributed by atoms with Crippen LogP contribution in [0.25, 0.3) is 11.1 Å². The molecule has 0 atom stereocenters. The molecule has 1 aromatic heterocycles. The Morgan fingerprint density at radius 2 is 1.78 bits per heavy atom. The molecule has 7 nitrogen and oxygen atoms in total. The average Bonchev–Trinajstić information content (AvgIpc) is 3.47. The molecule has 2 heterocycles. The van der Waals surface area contributed by atoms with Crippen molar-refractivity contribution in [3.05, 3.63) is 77.6 Å². The number of fused-ring (bicyclic) bond motifs is 2. The summed E-state index contributed by atoms with van der Waals surface area (Å²) in [6.07, 6.45) is 1.32. The number of sulfonamides is 1. The van der Waals surface area contributed by atoms with Gasteiger partial charge < -0.3 is 5.32 Å². The summed E-state index contributed by atoms with van der Waals surface area (Å²) in [6, 6.07) is 12.1. The van der Waals surface area contributed by atoms with Crippen molar-refractivity contribution in [1.82, 2.24) is 10.3 Å². The second-order valence-corrected chi connectivity index (χ2v) is 11.1. The molecule has 0 bridgehead atoms. The maximum atomic E-state index is 13.6. The zero-order valence-electron chi connectivity index (χ0n) is 19.8. The number of hydrogen-bond donors (Lipinski definition) is 2. The van der Waals surface area contributed by atoms with Crippen molar-refractivity contribution in [2.24, 2.45) is 5.14 Å². The number of nitrogens with two attached hydrogens (primary N) is 1. The topological polar surface area (TPSA) is 105 Å². The number of amides is 2. The van der Waals surface area contributed by atoms with Crippen molar-refractivity contribution in [3.8, 4) is 11.1 Å². The first kappa shape index (κ1) is 25.2. The summed E-state index contributed by atoms with van der Waals surface area (Å²) < 4.78 is 63.8. The fourth-order valence-electron chi connectivity index (χ4n) is 5.44. The molecule has 5 rings (SSSR count). The number of rotatable bonds is 4. The van der Waals surface area contributed by atoms with Crippen LogP contribution in [0.2, 0.25) is 0 Å². The molecule has 1 aliphatic heterocycles. The average molecular weight is 531 g/mol. The van der Waals surface area contributed by atoms with E-state index in [1.807, 2.05) is 0 Å². The zero-order valence-corrected chi connectivity index (χ0v) is 20.6. The second kappa shape index (κ2) is 9.14. The summed E-state index contributed by atoms with van der Waals surface area (Å²) in [7, 11) is -3.81. The van der Waals surface area contributed by atoms with Gasteiger partial charge in [-0.25, -0.2) is 18.4 Å². The number of benzene rings is 2. The van der Waals surface area contributed by atoms with Gasteiger partial charge in [0.15, 0.2) is 0 Å². The molecule has 0 radical (unpaired) electrons. The highest BCUT2D eigenvalue weighted by Crippen LogP contribution is 2.51. The third-order valence-electron chi connectivity index (χ3n) is 7.26. The smallest absolute Gasteiger partial charge is 0.334 e. The van der Waals surface area contributed by atoms with Crippen LogP contribution in [0.15, 0.2) is 65.8 Å². The quantitative estimate of drug-likeness (QED) is 0.498. The zero-order chi connectivity index (χ0) is 26.4. The minimum atomic E-state index is -4.54. The number of pyridine rings is 1. The van der Waals surface area contributed by atoms with E-state index >= 15 is 0 Å². The van der Waals surface area contributed by atoms with Crippen molar-refractivity contribution in [2.75, 3.05) is 11.4 Å². The van der Waals surface area contributed by atoms with Gasteiger partial charge in [0.25, 0.3) is 0 Å². The number of nitrogens with one attached hydrogen (secondary N) is 1. The van der Waals surface area contributed by atoms with Gasteiger partial charge in [-0.1, -0.05) is 31.0 Å². The number of carbonyl (C=O) groups excluding carboxylic acids is 1. The fraction of sp³-hybridized carbons (Fsp3) is 0.308. The summed E-state index contributed by atoms with van der Waals surface area (Å²) in [6.45, 7) is 0.622. The molecule has 2 aliphatic rings. The van der Waals surface area contributed by atoms with E-state index in [1.54, 1.807) is 35.2 Å². The molecule has 0 saturated heterocycles. The van der Waals surface area contributed by atoms with Gasteiger partial charge in [0.2, 0.25) is 10.0 Å². The lowest BCUT2D eigenvalue weighted by Gasteiger charge is -2.25. The number of alkyl halides is 3. The van der Waals surface area contributed by atoms with Gasteiger partial charge in [0, 0.05) is 36.6 Å². The lowest BCUT2D eigenvalue weighted by molar-refractivity contribution is -0.137. The first-order valence-corrected chi connectivity index (χ1v) is 13.4. The van der Waals surface area contributed by atoms with Crippen LogP contribution in [0.3, 0.4) is 0 Å². The first-order valence-electron chi connectivity index (χ1n) is 11.8. The number of halogens is 3. The molecular weight excluding hydrogens is 505 g/mol. The largest absolute Gasteiger partial charge is 0.418 e. The van der Waals surface area contributed by atoms with Crippen LogP contribution < -0.4 is 15.4 Å². The first-order chi connectivity index (χ1) is 17.5. The van der Waals surface area contributed by atoms with Gasteiger partial charge in [-0.3, -0.25) is 9.88 Å². The summed E-state index contributed by atoms with van der Waals surface area (Å²) in [4.78, 5) is 18.5. The summed E-state index contributed by atoms with van der Waals surface area (Å²) in [5, 5.41) is 8.00. The molecule has 1 fully saturated rings. The lowest BCUT2D eigenvalue weighted by atomic mass is 9.80. The molecule has 3 N–H and O–H groups in total. The monoisotopic (exact) mass is 530 g/mol. The lowest BCUT2D eigenvalue weighted by Crippen LogP contribution is -2.41. The Hall–Kier alpha value is -3.44. The van der Waals surface area contributed by atoms with Crippen LogP contribution in [0, 0.1) is 0 Å². The Morgan fingerprint density at radius 1 is 1.08 bits per heavy atom. The van der Waals surface area contributed by atoms with Gasteiger partial charge in [-0.05, 0) is 65.4 Å². The Labute approximate surface area is 212 Å². The number of primary sulfonamides is 1. The number of carbonyl (C=O) groups is 1. The van der Waals surface area contributed by atoms with Crippen LogP contribution >= 0.6 is 0 Å². The van der Waals surface area contributed by atoms with Gasteiger partial charge in [0.05, 0.1) is 10.5 Å². The Morgan fingerprint density at radius 3 is 2.43 bits per heavy atom. The van der Waals surface area contributed by atoms with Crippen LogP contribution in [-0.4, -0.2) is 26.0 Å². The van der Waals surface area contributed by atoms with E-state index in [2.05, 4.69) is 10.3 Å². The SMILES string of the molecule is NS(=O)(=O)c1ccc(CNC(=O)N2CC3(CCCC3)c3cc(-c4ccncc4C(F)(F)F)ccc32)cc1. The van der Waals surface area contributed by atoms with E-state index in [9.17, 15) is 26.4 Å². The Kier molecular flexibility index (Phi) is 6.23. The molecule has 2 aromatic carbocycles. The van der Waals surface area contributed by atoms with Crippen LogP contribution in [-0.2, 0) is 28.2 Å². The van der Waals surface area contributed by atoms with Crippen molar-refractivity contribution in [1.29, 1.82) is 0 Å². The number of hydrogen-bond acceptors (Lipinski definition) is 4. The predicted octanol–water partition coefficient (Wildman–Crippen LogP) is 4.96. The van der Waals surface area contributed by atoms with E-state index in [0.29, 0.717) is 23.4 Å². The van der Waals surface area contributed by atoms with Crippen LogP contribution in [0.4, 0.5) is 23.7 Å². The molecule has 1 saturated carbocycles. The molecule has 194 valence electrons. The highest BCUT2D eigenvalue weighted by Gasteiger charge is 2.46. The number of aromatic nitrogens is 1. The van der Waals surface area contributed by atoms with Gasteiger partial charge in [0.1, 0.15) is 0 Å². The third-order valence-corrected chi connectivity index (χ3v) is 8.19. The van der Waals surface area contributed by atoms with Crippen molar-refractivity contribution in [2.45, 2.75) is 48.7 Å². The Bertz CT molecular complexity index is 1450. The normalized spacial score (nSPS) is 16.7. The molecule has 2 amide bonds. The molecule has 0 unspecified atom stereocenters. The molecule has 1 spiro atoms. The maximum Gasteiger partial charge on any atom is 0.418 e. The van der Waals surface area contributed by atoms with E-state index in [-0.39, 0.29) is 28.4 Å². The van der Waals surface area contributed by atoms with Crippen molar-refractivity contribution in [3.63, 3.8) is 0 Å². The Balaban J connectivity index is 1.43. The summed E-state index contributed by atoms with van der Waals surface area (Å²) in [5.74, 6) is 0.